The van der Waals surface area contributed by atoms with Gasteiger partial charge < -0.3 is 25.4 Å². The van der Waals surface area contributed by atoms with Crippen LogP contribution < -0.4 is 26.6 Å². The van der Waals surface area contributed by atoms with E-state index in [9.17, 15) is 19.5 Å². The summed E-state index contributed by atoms with van der Waals surface area (Å²) in [6.07, 6.45) is 2.62. The van der Waals surface area contributed by atoms with E-state index >= 15 is 0 Å². The lowest BCUT2D eigenvalue weighted by Crippen LogP contribution is -2.46. The van der Waals surface area contributed by atoms with Gasteiger partial charge in [0.25, 0.3) is 5.56 Å². The molecule has 0 bridgehead atoms. The molecule has 2 fully saturated rings. The molecule has 280 valence electrons. The summed E-state index contributed by atoms with van der Waals surface area (Å²) in [5.41, 5.74) is 7.16. The molecule has 2 aromatic carbocycles. The van der Waals surface area contributed by atoms with Crippen LogP contribution in [0.25, 0.3) is 33.3 Å². The van der Waals surface area contributed by atoms with Gasteiger partial charge in [0.2, 0.25) is 5.88 Å². The molecule has 0 unspecified atom stereocenters. The van der Waals surface area contributed by atoms with Gasteiger partial charge in [-0.1, -0.05) is 41.9 Å². The fourth-order valence-electron chi connectivity index (χ4n) is 8.66. The van der Waals surface area contributed by atoms with Crippen molar-refractivity contribution >= 4 is 40.0 Å². The van der Waals surface area contributed by atoms with Crippen molar-refractivity contribution in [2.45, 2.75) is 44.7 Å². The molecule has 2 aliphatic heterocycles. The molecule has 5 heterocycles. The zero-order valence-electron chi connectivity index (χ0n) is 31.0. The van der Waals surface area contributed by atoms with E-state index in [0.717, 1.165) is 76.1 Å². The van der Waals surface area contributed by atoms with Gasteiger partial charge in [-0.2, -0.15) is 0 Å². The molecule has 3 aromatic heterocycles. The van der Waals surface area contributed by atoms with E-state index in [1.54, 1.807) is 25.1 Å². The molecule has 14 heteroatoms. The lowest BCUT2D eigenvalue weighted by atomic mass is 9.96. The third-order valence-electron chi connectivity index (χ3n) is 11.4. The van der Waals surface area contributed by atoms with Crippen LogP contribution in [0.1, 0.15) is 41.3 Å². The van der Waals surface area contributed by atoms with Crippen LogP contribution >= 0.6 is 11.6 Å². The second-order valence-electron chi connectivity index (χ2n) is 14.7. The molecule has 1 spiro atoms. The monoisotopic (exact) mass is 750 g/mol. The Labute approximate surface area is 317 Å². The summed E-state index contributed by atoms with van der Waals surface area (Å²) in [4.78, 5) is 52.4. The average molecular weight is 751 g/mol. The average Bonchev–Trinajstić information content (AvgIpc) is 3.86. The number of anilines is 2. The van der Waals surface area contributed by atoms with E-state index in [-0.39, 0.29) is 24.2 Å². The molecule has 3 aliphatic rings. The number of rotatable bonds is 8. The molecule has 0 saturated carbocycles. The Morgan fingerprint density at radius 1 is 1.02 bits per heavy atom. The second-order valence-corrected chi connectivity index (χ2v) is 15.1. The van der Waals surface area contributed by atoms with Crippen molar-refractivity contribution in [3.05, 3.63) is 96.8 Å². The normalized spacial score (nSPS) is 19.6. The summed E-state index contributed by atoms with van der Waals surface area (Å²) in [6, 6.07) is 15.7. The molecular weight excluding hydrogens is 708 g/mol. The van der Waals surface area contributed by atoms with Gasteiger partial charge in [-0.3, -0.25) is 18.8 Å². The molecule has 2 atom stereocenters. The molecule has 2 saturated heterocycles. The molecule has 3 N–H and O–H groups in total. The molecule has 8 rings (SSSR count). The minimum atomic E-state index is -0.423. The summed E-state index contributed by atoms with van der Waals surface area (Å²) >= 11 is 7.27. The maximum Gasteiger partial charge on any atom is 0.330 e. The number of aryl methyl sites for hydroxylation is 3. The number of nitrogens with zero attached hydrogens (tertiary/aromatic N) is 6. The largest absolute Gasteiger partial charge is 0.481 e. The van der Waals surface area contributed by atoms with Crippen LogP contribution in [0.15, 0.2) is 58.1 Å². The number of carbonyl (C=O) groups excluding carboxylic acids is 1. The van der Waals surface area contributed by atoms with Crippen molar-refractivity contribution in [2.75, 3.05) is 45.2 Å². The Bertz CT molecular complexity index is 2480. The Hall–Kier alpha value is -5.24. The Morgan fingerprint density at radius 2 is 1.78 bits per heavy atom. The molecule has 1 aliphatic carbocycles. The first-order valence-electron chi connectivity index (χ1n) is 18.2. The van der Waals surface area contributed by atoms with Gasteiger partial charge in [0.1, 0.15) is 11.2 Å². The highest BCUT2D eigenvalue weighted by Crippen LogP contribution is 2.46. The standard InChI is InChI=1S/C40H43ClN8O5/c1-22-18-31-33(37(51)47(4)39(53)46(31)3)35(42-22)43-28-11-7-8-25(23(28)2)26-9-6-10-27(34(26)41)29-19-24-12-13-30(32(24)36(44-29)54-5)48-15-14-40(20-48)21-49(16-17-50)38(52)45-40/h6-11,18-19,30,50H,12-17,20-21H2,1-5H3,(H,42,43)(H,45,52)/t30-,40+/m0/s1. The van der Waals surface area contributed by atoms with Crippen LogP contribution in [0.5, 0.6) is 5.88 Å². The number of amides is 2. The van der Waals surface area contributed by atoms with E-state index in [4.69, 9.17) is 21.3 Å². The van der Waals surface area contributed by atoms with E-state index < -0.39 is 11.2 Å². The lowest BCUT2D eigenvalue weighted by Gasteiger charge is -2.28. The Morgan fingerprint density at radius 3 is 2.56 bits per heavy atom. The Kier molecular flexibility index (Phi) is 8.98. The summed E-state index contributed by atoms with van der Waals surface area (Å²) in [5, 5.41) is 16.9. The van der Waals surface area contributed by atoms with E-state index in [1.165, 1.54) is 17.2 Å². The summed E-state index contributed by atoms with van der Waals surface area (Å²) in [5.74, 6) is 0.948. The van der Waals surface area contributed by atoms with Gasteiger partial charge in [0, 0.05) is 74.4 Å². The predicted molar refractivity (Wildman–Crippen MR) is 209 cm³/mol. The van der Waals surface area contributed by atoms with Crippen LogP contribution in [-0.2, 0) is 20.5 Å². The van der Waals surface area contributed by atoms with Crippen LogP contribution in [0.4, 0.5) is 16.3 Å². The quantitative estimate of drug-likeness (QED) is 0.203. The molecule has 13 nitrogen and oxygen atoms in total. The second kappa shape index (κ2) is 13.6. The fraction of sp³-hybridized carbons (Fsp3) is 0.375. The van der Waals surface area contributed by atoms with Gasteiger partial charge in [0.15, 0.2) is 0 Å². The minimum absolute atomic E-state index is 0.0535. The van der Waals surface area contributed by atoms with Crippen molar-refractivity contribution in [3.8, 4) is 28.3 Å². The SMILES string of the molecule is COc1nc(-c2cccc(-c3cccc(Nc4nc(C)cc5c4c(=O)n(C)c(=O)n5C)c3C)c2Cl)cc2c1[C@@H](N1CC[C@]3(CN(CCO)C(=O)N3)C1)CC2. The lowest BCUT2D eigenvalue weighted by molar-refractivity contribution is 0.193. The highest BCUT2D eigenvalue weighted by molar-refractivity contribution is 6.36. The number of aliphatic hydroxyl groups excluding tert-OH is 1. The van der Waals surface area contributed by atoms with Crippen LogP contribution in [0.2, 0.25) is 5.02 Å². The fourth-order valence-corrected chi connectivity index (χ4v) is 8.98. The first kappa shape index (κ1) is 35.8. The van der Waals surface area contributed by atoms with Crippen LogP contribution in [0, 0.1) is 13.8 Å². The molecule has 5 aromatic rings. The number of fused-ring (bicyclic) bond motifs is 2. The number of ether oxygens (including phenoxy) is 1. The third-order valence-corrected chi connectivity index (χ3v) is 11.8. The van der Waals surface area contributed by atoms with Gasteiger partial charge in [-0.05, 0) is 68.0 Å². The number of methoxy groups -OCH3 is 1. The number of hydrogen-bond donors (Lipinski definition) is 3. The van der Waals surface area contributed by atoms with Gasteiger partial charge in [-0.25, -0.2) is 19.6 Å². The van der Waals surface area contributed by atoms with Crippen molar-refractivity contribution in [1.29, 1.82) is 0 Å². The van der Waals surface area contributed by atoms with E-state index in [2.05, 4.69) is 26.6 Å². The number of urea groups is 1. The smallest absolute Gasteiger partial charge is 0.330 e. The number of likely N-dealkylation sites (tertiary alicyclic amines) is 1. The van der Waals surface area contributed by atoms with Crippen LogP contribution in [-0.4, -0.2) is 85.5 Å². The summed E-state index contributed by atoms with van der Waals surface area (Å²) < 4.78 is 8.51. The van der Waals surface area contributed by atoms with Crippen LogP contribution in [0.3, 0.4) is 0 Å². The maximum atomic E-state index is 13.3. The van der Waals surface area contributed by atoms with E-state index in [1.807, 2.05) is 50.2 Å². The highest BCUT2D eigenvalue weighted by Gasteiger charge is 2.49. The number of carbonyl (C=O) groups is 1. The topological polar surface area (TPSA) is 147 Å². The number of nitrogens with one attached hydrogen (secondary N) is 2. The number of aromatic nitrogens is 4. The van der Waals surface area contributed by atoms with E-state index in [0.29, 0.717) is 46.4 Å². The number of pyridine rings is 2. The molecule has 54 heavy (non-hydrogen) atoms. The molecular formula is C40H43ClN8O5. The van der Waals surface area contributed by atoms with Gasteiger partial charge in [0.05, 0.1) is 35.5 Å². The zero-order chi connectivity index (χ0) is 38.1. The van der Waals surface area contributed by atoms with Crippen molar-refractivity contribution in [2.24, 2.45) is 14.1 Å². The summed E-state index contributed by atoms with van der Waals surface area (Å²) in [7, 11) is 4.76. The number of hydrogen-bond acceptors (Lipinski definition) is 9. The first-order chi connectivity index (χ1) is 25.9. The van der Waals surface area contributed by atoms with Crippen molar-refractivity contribution in [3.63, 3.8) is 0 Å². The minimum Gasteiger partial charge on any atom is -0.481 e. The number of β-amino-alcohol motifs (C(OH)–C–C–N with tert-alkyl or cyclic N) is 1. The van der Waals surface area contributed by atoms with Crippen molar-refractivity contribution < 1.29 is 14.6 Å². The van der Waals surface area contributed by atoms with Gasteiger partial charge >= 0.3 is 11.7 Å². The van der Waals surface area contributed by atoms with Crippen molar-refractivity contribution in [1.82, 2.24) is 34.2 Å². The maximum absolute atomic E-state index is 13.3. The third kappa shape index (κ3) is 5.82. The Balaban J connectivity index is 1.11. The number of benzene rings is 2. The molecule has 0 radical (unpaired) electrons. The first-order valence-corrected chi connectivity index (χ1v) is 18.5. The summed E-state index contributed by atoms with van der Waals surface area (Å²) in [6.45, 7) is 6.26. The molecule has 2 amide bonds. The predicted octanol–water partition coefficient (Wildman–Crippen LogP) is 4.83. The number of aliphatic hydroxyl groups is 1. The van der Waals surface area contributed by atoms with Gasteiger partial charge in [-0.15, -0.1) is 0 Å². The zero-order valence-corrected chi connectivity index (χ0v) is 31.8. The highest BCUT2D eigenvalue weighted by atomic mass is 35.5. The number of halogens is 1.